The van der Waals surface area contributed by atoms with Gasteiger partial charge in [-0.25, -0.2) is 4.79 Å². The molecule has 66 valence electrons. The van der Waals surface area contributed by atoms with Crippen LogP contribution in [0.4, 0.5) is 4.79 Å². The molecule has 1 N–H and O–H groups in total. The minimum absolute atomic E-state index is 0.203. The Hall–Kier alpha value is -0.730. The molecule has 0 saturated carbocycles. The Balaban J connectivity index is 4.36. The Morgan fingerprint density at radius 2 is 1.82 bits per heavy atom. The summed E-state index contributed by atoms with van der Waals surface area (Å²) in [4.78, 5) is 12.0. The van der Waals surface area contributed by atoms with Gasteiger partial charge in [-0.15, -0.1) is 0 Å². The monoisotopic (exact) mass is 159 g/mol. The van der Waals surface area contributed by atoms with Gasteiger partial charge in [-0.2, -0.15) is 0 Å². The molecule has 0 aromatic carbocycles. The summed E-state index contributed by atoms with van der Waals surface area (Å²) in [5, 5.41) is 8.71. The van der Waals surface area contributed by atoms with Crippen molar-refractivity contribution >= 4 is 6.09 Å². The number of amides is 1. The zero-order chi connectivity index (χ0) is 9.07. The van der Waals surface area contributed by atoms with Gasteiger partial charge in [0.05, 0.1) is 0 Å². The molecule has 0 radical (unpaired) electrons. The van der Waals surface area contributed by atoms with Crippen molar-refractivity contribution in [2.24, 2.45) is 0 Å². The molecule has 0 rings (SSSR count). The van der Waals surface area contributed by atoms with E-state index in [2.05, 4.69) is 0 Å². The first-order valence-electron chi connectivity index (χ1n) is 3.94. The summed E-state index contributed by atoms with van der Waals surface area (Å²) in [6.07, 6.45) is 0.856. The number of rotatable bonds is 3. The molecule has 0 aliphatic carbocycles. The highest BCUT2D eigenvalue weighted by atomic mass is 16.4. The standard InChI is InChI=1S/C8H17NO2/c1-5-8(3,6-2)9(4)7(10)11/h5-6H2,1-4H3,(H,10,11). The zero-order valence-corrected chi connectivity index (χ0v) is 7.72. The average Bonchev–Trinajstić information content (AvgIpc) is 2.01. The maximum Gasteiger partial charge on any atom is 0.407 e. The maximum absolute atomic E-state index is 10.6. The van der Waals surface area contributed by atoms with Gasteiger partial charge in [0, 0.05) is 12.6 Å². The Labute approximate surface area is 68.0 Å². The molecule has 11 heavy (non-hydrogen) atoms. The molecular weight excluding hydrogens is 142 g/mol. The first kappa shape index (κ1) is 10.3. The van der Waals surface area contributed by atoms with Gasteiger partial charge in [-0.3, -0.25) is 0 Å². The van der Waals surface area contributed by atoms with E-state index in [4.69, 9.17) is 5.11 Å². The van der Waals surface area contributed by atoms with Crippen molar-refractivity contribution in [3.8, 4) is 0 Å². The average molecular weight is 159 g/mol. The summed E-state index contributed by atoms with van der Waals surface area (Å²) in [6.45, 7) is 5.97. The fourth-order valence-electron chi connectivity index (χ4n) is 0.955. The molecule has 0 unspecified atom stereocenters. The topological polar surface area (TPSA) is 40.5 Å². The van der Waals surface area contributed by atoms with E-state index < -0.39 is 6.09 Å². The molecule has 0 saturated heterocycles. The number of hydrogen-bond donors (Lipinski definition) is 1. The molecule has 0 aliphatic rings. The van der Waals surface area contributed by atoms with Gasteiger partial charge < -0.3 is 10.0 Å². The summed E-state index contributed by atoms with van der Waals surface area (Å²) in [7, 11) is 1.62. The van der Waals surface area contributed by atoms with E-state index in [0.29, 0.717) is 0 Å². The largest absolute Gasteiger partial charge is 0.465 e. The van der Waals surface area contributed by atoms with E-state index in [1.54, 1.807) is 7.05 Å². The third kappa shape index (κ3) is 2.10. The van der Waals surface area contributed by atoms with Crippen molar-refractivity contribution in [2.45, 2.75) is 39.2 Å². The van der Waals surface area contributed by atoms with E-state index >= 15 is 0 Å². The minimum atomic E-state index is -0.851. The molecule has 0 aromatic heterocycles. The second-order valence-electron chi connectivity index (χ2n) is 3.05. The first-order valence-corrected chi connectivity index (χ1v) is 3.94. The van der Waals surface area contributed by atoms with E-state index in [1.807, 2.05) is 20.8 Å². The lowest BCUT2D eigenvalue weighted by molar-refractivity contribution is 0.0970. The van der Waals surface area contributed by atoms with Crippen LogP contribution in [0, 0.1) is 0 Å². The Bertz CT molecular complexity index is 141. The molecule has 3 nitrogen and oxygen atoms in total. The lowest BCUT2D eigenvalue weighted by Gasteiger charge is -2.35. The lowest BCUT2D eigenvalue weighted by atomic mass is 9.94. The number of carboxylic acid groups (broad SMARTS) is 1. The van der Waals surface area contributed by atoms with Crippen LogP contribution in [0.25, 0.3) is 0 Å². The summed E-state index contributed by atoms with van der Waals surface area (Å²) in [5.41, 5.74) is -0.203. The van der Waals surface area contributed by atoms with Crippen molar-refractivity contribution in [3.63, 3.8) is 0 Å². The SMILES string of the molecule is CCC(C)(CC)N(C)C(=O)O. The molecule has 0 heterocycles. The van der Waals surface area contributed by atoms with E-state index in [-0.39, 0.29) is 5.54 Å². The highest BCUT2D eigenvalue weighted by Crippen LogP contribution is 2.21. The van der Waals surface area contributed by atoms with Crippen LogP contribution in [0.3, 0.4) is 0 Å². The summed E-state index contributed by atoms with van der Waals surface area (Å²) in [6, 6.07) is 0. The van der Waals surface area contributed by atoms with Gasteiger partial charge in [0.2, 0.25) is 0 Å². The number of nitrogens with zero attached hydrogens (tertiary/aromatic N) is 1. The quantitative estimate of drug-likeness (QED) is 0.685. The molecule has 0 spiro atoms. The summed E-state index contributed by atoms with van der Waals surface area (Å²) < 4.78 is 0. The molecule has 0 aliphatic heterocycles. The number of hydrogen-bond acceptors (Lipinski definition) is 1. The highest BCUT2D eigenvalue weighted by Gasteiger charge is 2.28. The van der Waals surface area contributed by atoms with Crippen LogP contribution < -0.4 is 0 Å². The van der Waals surface area contributed by atoms with Crippen molar-refractivity contribution in [1.29, 1.82) is 0 Å². The van der Waals surface area contributed by atoms with Crippen molar-refractivity contribution in [3.05, 3.63) is 0 Å². The normalized spacial score (nSPS) is 11.3. The van der Waals surface area contributed by atoms with Crippen LogP contribution in [0.1, 0.15) is 33.6 Å². The van der Waals surface area contributed by atoms with Gasteiger partial charge in [0.15, 0.2) is 0 Å². The third-order valence-electron chi connectivity index (χ3n) is 2.62. The van der Waals surface area contributed by atoms with Crippen molar-refractivity contribution in [1.82, 2.24) is 4.90 Å². The smallest absolute Gasteiger partial charge is 0.407 e. The van der Waals surface area contributed by atoms with Crippen molar-refractivity contribution < 1.29 is 9.90 Å². The van der Waals surface area contributed by atoms with Crippen LogP contribution in [0.2, 0.25) is 0 Å². The molecule has 3 heteroatoms. The van der Waals surface area contributed by atoms with Crippen LogP contribution in [0.15, 0.2) is 0 Å². The van der Waals surface area contributed by atoms with Crippen LogP contribution in [-0.4, -0.2) is 28.7 Å². The van der Waals surface area contributed by atoms with Gasteiger partial charge in [0.1, 0.15) is 0 Å². The second kappa shape index (κ2) is 3.60. The molecule has 1 amide bonds. The van der Waals surface area contributed by atoms with Gasteiger partial charge >= 0.3 is 6.09 Å². The molecule has 0 atom stereocenters. The Morgan fingerprint density at radius 3 is 1.91 bits per heavy atom. The second-order valence-corrected chi connectivity index (χ2v) is 3.05. The zero-order valence-electron chi connectivity index (χ0n) is 7.72. The summed E-state index contributed by atoms with van der Waals surface area (Å²) in [5.74, 6) is 0. The Kier molecular flexibility index (Phi) is 3.36. The predicted octanol–water partition coefficient (Wildman–Crippen LogP) is 2.17. The lowest BCUT2D eigenvalue weighted by Crippen LogP contribution is -2.45. The first-order chi connectivity index (χ1) is 4.98. The Morgan fingerprint density at radius 1 is 1.45 bits per heavy atom. The maximum atomic E-state index is 10.6. The molecule has 0 fully saturated rings. The third-order valence-corrected chi connectivity index (χ3v) is 2.62. The molecule has 0 bridgehead atoms. The van der Waals surface area contributed by atoms with E-state index in [1.165, 1.54) is 4.90 Å². The minimum Gasteiger partial charge on any atom is -0.465 e. The summed E-state index contributed by atoms with van der Waals surface area (Å²) >= 11 is 0. The highest BCUT2D eigenvalue weighted by molar-refractivity contribution is 5.65. The van der Waals surface area contributed by atoms with Crippen LogP contribution in [-0.2, 0) is 0 Å². The van der Waals surface area contributed by atoms with Crippen LogP contribution >= 0.6 is 0 Å². The van der Waals surface area contributed by atoms with E-state index in [9.17, 15) is 4.79 Å². The van der Waals surface area contributed by atoms with Gasteiger partial charge in [0.25, 0.3) is 0 Å². The number of carbonyl (C=O) groups is 1. The van der Waals surface area contributed by atoms with Crippen LogP contribution in [0.5, 0.6) is 0 Å². The fraction of sp³-hybridized carbons (Fsp3) is 0.875. The van der Waals surface area contributed by atoms with Gasteiger partial charge in [-0.1, -0.05) is 13.8 Å². The van der Waals surface area contributed by atoms with E-state index in [0.717, 1.165) is 12.8 Å². The molecular formula is C8H17NO2. The fourth-order valence-corrected chi connectivity index (χ4v) is 0.955. The predicted molar refractivity (Wildman–Crippen MR) is 44.8 cm³/mol. The van der Waals surface area contributed by atoms with Gasteiger partial charge in [-0.05, 0) is 19.8 Å². The van der Waals surface area contributed by atoms with Crippen molar-refractivity contribution in [2.75, 3.05) is 7.05 Å². The molecule has 0 aromatic rings.